The first-order chi connectivity index (χ1) is 7.45. The molecule has 0 aliphatic rings. The molecule has 0 nitrogen and oxygen atoms in total. The minimum Gasteiger partial charge on any atom is -0.102 e. The Morgan fingerprint density at radius 2 is 1.25 bits per heavy atom. The van der Waals surface area contributed by atoms with E-state index < -0.39 is 0 Å². The second kappa shape index (κ2) is 5.34. The number of benzene rings is 1. The van der Waals surface area contributed by atoms with Crippen LogP contribution in [0.5, 0.6) is 0 Å². The second-order valence-corrected chi connectivity index (χ2v) is 5.08. The third-order valence-corrected chi connectivity index (χ3v) is 3.05. The molecule has 1 unspecified atom stereocenters. The van der Waals surface area contributed by atoms with Crippen molar-refractivity contribution in [3.8, 4) is 0 Å². The van der Waals surface area contributed by atoms with Gasteiger partial charge < -0.3 is 0 Å². The SMILES string of the molecule is [CH2]C(C=C)c1cc(C(C)C)cc(C(C)C)c1. The molecule has 0 aliphatic heterocycles. The fourth-order valence-corrected chi connectivity index (χ4v) is 1.72. The molecule has 0 spiro atoms. The Labute approximate surface area is 100 Å². The van der Waals surface area contributed by atoms with Crippen LogP contribution in [0.4, 0.5) is 0 Å². The van der Waals surface area contributed by atoms with Gasteiger partial charge in [0.15, 0.2) is 0 Å². The second-order valence-electron chi connectivity index (χ2n) is 5.08. The van der Waals surface area contributed by atoms with E-state index in [9.17, 15) is 0 Å². The smallest absolute Gasteiger partial charge is 0.00158 e. The molecule has 0 saturated heterocycles. The van der Waals surface area contributed by atoms with Gasteiger partial charge in [0.2, 0.25) is 0 Å². The van der Waals surface area contributed by atoms with Gasteiger partial charge in [-0.15, -0.1) is 6.58 Å². The monoisotopic (exact) mass is 215 g/mol. The van der Waals surface area contributed by atoms with Gasteiger partial charge in [0, 0.05) is 5.92 Å². The molecule has 1 rings (SSSR count). The van der Waals surface area contributed by atoms with Crippen LogP contribution in [0.15, 0.2) is 30.9 Å². The highest BCUT2D eigenvalue weighted by Crippen LogP contribution is 2.27. The lowest BCUT2D eigenvalue weighted by atomic mass is 9.89. The summed E-state index contributed by atoms with van der Waals surface area (Å²) >= 11 is 0. The average Bonchev–Trinajstić information content (AvgIpc) is 2.27. The van der Waals surface area contributed by atoms with Gasteiger partial charge in [-0.1, -0.05) is 52.0 Å². The third kappa shape index (κ3) is 2.98. The summed E-state index contributed by atoms with van der Waals surface area (Å²) in [6, 6.07) is 6.83. The van der Waals surface area contributed by atoms with Crippen molar-refractivity contribution in [3.05, 3.63) is 54.5 Å². The summed E-state index contributed by atoms with van der Waals surface area (Å²) in [4.78, 5) is 0. The van der Waals surface area contributed by atoms with Crippen LogP contribution in [0, 0.1) is 6.92 Å². The molecule has 0 saturated carbocycles. The zero-order chi connectivity index (χ0) is 12.3. The molecule has 1 radical (unpaired) electrons. The van der Waals surface area contributed by atoms with Gasteiger partial charge in [-0.2, -0.15) is 0 Å². The van der Waals surface area contributed by atoms with Gasteiger partial charge in [0.1, 0.15) is 0 Å². The Balaban J connectivity index is 3.23. The van der Waals surface area contributed by atoms with Gasteiger partial charge in [-0.05, 0) is 35.4 Å². The Morgan fingerprint density at radius 3 is 1.56 bits per heavy atom. The molecule has 87 valence electrons. The van der Waals surface area contributed by atoms with E-state index in [4.69, 9.17) is 0 Å². The van der Waals surface area contributed by atoms with Crippen molar-refractivity contribution < 1.29 is 0 Å². The van der Waals surface area contributed by atoms with E-state index in [0.717, 1.165) is 0 Å². The van der Waals surface area contributed by atoms with Crippen LogP contribution < -0.4 is 0 Å². The van der Waals surface area contributed by atoms with Gasteiger partial charge in [0.05, 0.1) is 0 Å². The van der Waals surface area contributed by atoms with E-state index in [1.165, 1.54) is 16.7 Å². The molecule has 0 heteroatoms. The zero-order valence-electron chi connectivity index (χ0n) is 11.0. The van der Waals surface area contributed by atoms with Crippen LogP contribution in [-0.2, 0) is 0 Å². The summed E-state index contributed by atoms with van der Waals surface area (Å²) in [5, 5.41) is 0. The number of hydrogen-bond donors (Lipinski definition) is 0. The highest BCUT2D eigenvalue weighted by Gasteiger charge is 2.09. The van der Waals surface area contributed by atoms with Crippen LogP contribution in [0.3, 0.4) is 0 Å². The standard InChI is InChI=1S/C16H23/c1-7-13(6)16-9-14(11(2)3)8-15(10-16)12(4)5/h7-13H,1,6H2,2-5H3. The Kier molecular flexibility index (Phi) is 4.35. The maximum atomic E-state index is 4.11. The topological polar surface area (TPSA) is 0 Å². The lowest BCUT2D eigenvalue weighted by Gasteiger charge is -2.16. The fourth-order valence-electron chi connectivity index (χ4n) is 1.72. The molecule has 1 atom stereocenters. The molecule has 1 aromatic rings. The summed E-state index contributed by atoms with van der Waals surface area (Å²) in [5.41, 5.74) is 4.08. The lowest BCUT2D eigenvalue weighted by molar-refractivity contribution is 0.825. The number of rotatable bonds is 4. The molecular weight excluding hydrogens is 192 g/mol. The van der Waals surface area contributed by atoms with Crippen molar-refractivity contribution in [2.24, 2.45) is 0 Å². The minimum absolute atomic E-state index is 0.191. The van der Waals surface area contributed by atoms with E-state index >= 15 is 0 Å². The molecule has 0 N–H and O–H groups in total. The molecule has 1 aromatic carbocycles. The van der Waals surface area contributed by atoms with Gasteiger partial charge in [0.25, 0.3) is 0 Å². The zero-order valence-corrected chi connectivity index (χ0v) is 11.0. The molecule has 0 fully saturated rings. The first kappa shape index (κ1) is 13.0. The van der Waals surface area contributed by atoms with Crippen LogP contribution >= 0.6 is 0 Å². The Morgan fingerprint density at radius 1 is 0.875 bits per heavy atom. The first-order valence-electron chi connectivity index (χ1n) is 6.06. The molecule has 16 heavy (non-hydrogen) atoms. The molecule has 0 bridgehead atoms. The van der Waals surface area contributed by atoms with Crippen LogP contribution in [-0.4, -0.2) is 0 Å². The Hall–Kier alpha value is -1.04. The summed E-state index contributed by atoms with van der Waals surface area (Å²) in [6.45, 7) is 16.9. The maximum Gasteiger partial charge on any atom is 0.00158 e. The maximum absolute atomic E-state index is 4.11. The number of allylic oxidation sites excluding steroid dienone is 1. The molecule has 0 heterocycles. The average molecular weight is 215 g/mol. The van der Waals surface area contributed by atoms with Crippen LogP contribution in [0.1, 0.15) is 62.1 Å². The van der Waals surface area contributed by atoms with Gasteiger partial charge in [-0.3, -0.25) is 0 Å². The summed E-state index contributed by atoms with van der Waals surface area (Å²) in [5.74, 6) is 1.32. The quantitative estimate of drug-likeness (QED) is 0.617. The van der Waals surface area contributed by atoms with E-state index in [1.54, 1.807) is 0 Å². The summed E-state index contributed by atoms with van der Waals surface area (Å²) in [6.07, 6.45) is 1.91. The third-order valence-electron chi connectivity index (χ3n) is 3.05. The summed E-state index contributed by atoms with van der Waals surface area (Å²) < 4.78 is 0. The van der Waals surface area contributed by atoms with E-state index in [1.807, 2.05) is 6.08 Å². The predicted octanol–water partition coefficient (Wildman–Crippen LogP) is 5.04. The van der Waals surface area contributed by atoms with E-state index in [0.29, 0.717) is 11.8 Å². The first-order valence-corrected chi connectivity index (χ1v) is 6.06. The largest absolute Gasteiger partial charge is 0.102 e. The highest BCUT2D eigenvalue weighted by atomic mass is 14.1. The summed E-state index contributed by atoms with van der Waals surface area (Å²) in [7, 11) is 0. The van der Waals surface area contributed by atoms with Crippen LogP contribution in [0.2, 0.25) is 0 Å². The van der Waals surface area contributed by atoms with Gasteiger partial charge in [-0.25, -0.2) is 0 Å². The molecular formula is C16H23. The number of hydrogen-bond acceptors (Lipinski definition) is 0. The van der Waals surface area contributed by atoms with Gasteiger partial charge >= 0.3 is 0 Å². The van der Waals surface area contributed by atoms with E-state index in [-0.39, 0.29) is 5.92 Å². The van der Waals surface area contributed by atoms with Crippen molar-refractivity contribution >= 4 is 0 Å². The molecule has 0 aliphatic carbocycles. The van der Waals surface area contributed by atoms with Crippen molar-refractivity contribution in [3.63, 3.8) is 0 Å². The van der Waals surface area contributed by atoms with Crippen molar-refractivity contribution in [1.82, 2.24) is 0 Å². The fraction of sp³-hybridized carbons (Fsp3) is 0.438. The van der Waals surface area contributed by atoms with E-state index in [2.05, 4.69) is 59.4 Å². The highest BCUT2D eigenvalue weighted by molar-refractivity contribution is 5.37. The lowest BCUT2D eigenvalue weighted by Crippen LogP contribution is -1.98. The predicted molar refractivity (Wildman–Crippen MR) is 72.9 cm³/mol. The van der Waals surface area contributed by atoms with Crippen LogP contribution in [0.25, 0.3) is 0 Å². The molecule has 0 aromatic heterocycles. The normalized spacial score (nSPS) is 13.2. The van der Waals surface area contributed by atoms with Crippen molar-refractivity contribution in [2.75, 3.05) is 0 Å². The van der Waals surface area contributed by atoms with Crippen molar-refractivity contribution in [1.29, 1.82) is 0 Å². The molecule has 0 amide bonds. The Bertz CT molecular complexity index is 332. The minimum atomic E-state index is 0.191. The van der Waals surface area contributed by atoms with Crippen molar-refractivity contribution in [2.45, 2.75) is 45.4 Å².